The van der Waals surface area contributed by atoms with Gasteiger partial charge < -0.3 is 9.73 Å². The van der Waals surface area contributed by atoms with Crippen LogP contribution in [0.5, 0.6) is 0 Å². The Morgan fingerprint density at radius 2 is 1.96 bits per heavy atom. The molecule has 0 aliphatic rings. The molecule has 0 aliphatic carbocycles. The molecule has 5 heteroatoms. The Bertz CT molecular complexity index is 664. The van der Waals surface area contributed by atoms with E-state index in [9.17, 15) is 4.79 Å². The largest absolute Gasteiger partial charge is 0.423 e. The van der Waals surface area contributed by atoms with E-state index in [1.165, 1.54) is 11.1 Å². The van der Waals surface area contributed by atoms with Crippen LogP contribution in [-0.4, -0.2) is 16.1 Å². The number of aryl methyl sites for hydroxylation is 3. The fourth-order valence-electron chi connectivity index (χ4n) is 2.74. The molecule has 0 saturated heterocycles. The topological polar surface area (TPSA) is 68.0 Å². The maximum atomic E-state index is 12.3. The van der Waals surface area contributed by atoms with Gasteiger partial charge in [-0.15, -0.1) is 10.2 Å². The van der Waals surface area contributed by atoms with E-state index in [-0.39, 0.29) is 11.9 Å². The fourth-order valence-corrected chi connectivity index (χ4v) is 2.74. The first-order valence-electron chi connectivity index (χ1n) is 8.59. The van der Waals surface area contributed by atoms with Crippen molar-refractivity contribution in [2.45, 2.75) is 59.4 Å². The fraction of sp³-hybridized carbons (Fsp3) is 0.526. The predicted molar refractivity (Wildman–Crippen MR) is 93.5 cm³/mol. The third kappa shape index (κ3) is 5.48. The van der Waals surface area contributed by atoms with E-state index in [2.05, 4.69) is 48.4 Å². The molecule has 0 spiro atoms. The first-order valence-corrected chi connectivity index (χ1v) is 8.59. The van der Waals surface area contributed by atoms with E-state index in [0.717, 1.165) is 19.3 Å². The predicted octanol–water partition coefficient (Wildman–Crippen LogP) is 3.91. The van der Waals surface area contributed by atoms with E-state index in [1.54, 1.807) is 6.92 Å². The molecule has 0 radical (unpaired) electrons. The maximum absolute atomic E-state index is 12.3. The van der Waals surface area contributed by atoms with Crippen molar-refractivity contribution in [3.05, 3.63) is 47.2 Å². The van der Waals surface area contributed by atoms with Crippen molar-refractivity contribution in [1.82, 2.24) is 15.5 Å². The summed E-state index contributed by atoms with van der Waals surface area (Å²) in [5.41, 5.74) is 2.58. The van der Waals surface area contributed by atoms with E-state index in [4.69, 9.17) is 4.42 Å². The molecule has 0 fully saturated rings. The first-order chi connectivity index (χ1) is 11.5. The SMILES string of the molecule is Cc1nnc(C(CC(C)C)NC(=O)CCCc2ccccc2C)o1. The standard InChI is InChI=1S/C19H27N3O2/c1-13(2)12-17(19-22-21-15(4)24-19)20-18(23)11-7-10-16-9-6-5-8-14(16)3/h5-6,8-9,13,17H,7,10-12H2,1-4H3,(H,20,23). The van der Waals surface area contributed by atoms with Gasteiger partial charge in [0, 0.05) is 13.3 Å². The summed E-state index contributed by atoms with van der Waals surface area (Å²) in [5, 5.41) is 11.0. The van der Waals surface area contributed by atoms with Crippen LogP contribution in [-0.2, 0) is 11.2 Å². The molecule has 1 N–H and O–H groups in total. The Morgan fingerprint density at radius 1 is 1.21 bits per heavy atom. The van der Waals surface area contributed by atoms with Crippen LogP contribution >= 0.6 is 0 Å². The lowest BCUT2D eigenvalue weighted by atomic mass is 10.0. The zero-order valence-corrected chi connectivity index (χ0v) is 15.0. The summed E-state index contributed by atoms with van der Waals surface area (Å²) in [7, 11) is 0. The van der Waals surface area contributed by atoms with Crippen molar-refractivity contribution in [3.63, 3.8) is 0 Å². The van der Waals surface area contributed by atoms with Gasteiger partial charge in [0.05, 0.1) is 0 Å². The zero-order chi connectivity index (χ0) is 17.5. The van der Waals surface area contributed by atoms with Gasteiger partial charge in [-0.25, -0.2) is 0 Å². The third-order valence-corrected chi connectivity index (χ3v) is 3.99. The molecule has 0 aliphatic heterocycles. The van der Waals surface area contributed by atoms with Gasteiger partial charge in [0.15, 0.2) is 0 Å². The number of benzene rings is 1. The molecule has 2 rings (SSSR count). The summed E-state index contributed by atoms with van der Waals surface area (Å²) in [6.07, 6.45) is 3.02. The average Bonchev–Trinajstić information content (AvgIpc) is 2.95. The summed E-state index contributed by atoms with van der Waals surface area (Å²) in [6.45, 7) is 8.08. The van der Waals surface area contributed by atoms with Crippen LogP contribution in [0.15, 0.2) is 28.7 Å². The molecule has 0 saturated carbocycles. The highest BCUT2D eigenvalue weighted by Gasteiger charge is 2.21. The molecule has 1 aromatic carbocycles. The van der Waals surface area contributed by atoms with Crippen molar-refractivity contribution >= 4 is 5.91 Å². The van der Waals surface area contributed by atoms with Crippen LogP contribution in [0.3, 0.4) is 0 Å². The Labute approximate surface area is 143 Å². The Hall–Kier alpha value is -2.17. The quantitative estimate of drug-likeness (QED) is 0.797. The average molecular weight is 329 g/mol. The number of nitrogens with one attached hydrogen (secondary N) is 1. The van der Waals surface area contributed by atoms with Crippen LogP contribution < -0.4 is 5.32 Å². The van der Waals surface area contributed by atoms with Crippen molar-refractivity contribution < 1.29 is 9.21 Å². The third-order valence-electron chi connectivity index (χ3n) is 3.99. The molecule has 1 atom stereocenters. The van der Waals surface area contributed by atoms with Crippen molar-refractivity contribution in [3.8, 4) is 0 Å². The summed E-state index contributed by atoms with van der Waals surface area (Å²) in [4.78, 5) is 12.3. The van der Waals surface area contributed by atoms with Gasteiger partial charge in [-0.3, -0.25) is 4.79 Å². The highest BCUT2D eigenvalue weighted by Crippen LogP contribution is 2.20. The Morgan fingerprint density at radius 3 is 2.58 bits per heavy atom. The number of carbonyl (C=O) groups is 1. The highest BCUT2D eigenvalue weighted by atomic mass is 16.4. The first kappa shape index (κ1) is 18.2. The second kappa shape index (κ2) is 8.62. The van der Waals surface area contributed by atoms with Crippen molar-refractivity contribution in [2.75, 3.05) is 0 Å². The van der Waals surface area contributed by atoms with E-state index in [1.807, 2.05) is 12.1 Å². The van der Waals surface area contributed by atoms with Crippen LogP contribution in [0.25, 0.3) is 0 Å². The van der Waals surface area contributed by atoms with Gasteiger partial charge in [0.2, 0.25) is 17.7 Å². The van der Waals surface area contributed by atoms with E-state index in [0.29, 0.717) is 24.1 Å². The van der Waals surface area contributed by atoms with Gasteiger partial charge in [-0.05, 0) is 43.2 Å². The molecule has 1 aromatic heterocycles. The number of aromatic nitrogens is 2. The zero-order valence-electron chi connectivity index (χ0n) is 15.0. The van der Waals surface area contributed by atoms with E-state index >= 15 is 0 Å². The van der Waals surface area contributed by atoms with Gasteiger partial charge in [-0.2, -0.15) is 0 Å². The molecule has 2 aromatic rings. The number of nitrogens with zero attached hydrogens (tertiary/aromatic N) is 2. The Kier molecular flexibility index (Phi) is 6.53. The van der Waals surface area contributed by atoms with Gasteiger partial charge >= 0.3 is 0 Å². The summed E-state index contributed by atoms with van der Waals surface area (Å²) in [5.74, 6) is 1.47. The molecule has 1 heterocycles. The molecule has 24 heavy (non-hydrogen) atoms. The second-order valence-corrected chi connectivity index (χ2v) is 6.69. The summed E-state index contributed by atoms with van der Waals surface area (Å²) < 4.78 is 5.50. The number of carbonyl (C=O) groups excluding carboxylic acids is 1. The lowest BCUT2D eigenvalue weighted by Crippen LogP contribution is -2.29. The normalized spacial score (nSPS) is 12.4. The van der Waals surface area contributed by atoms with Crippen LogP contribution in [0.2, 0.25) is 0 Å². The van der Waals surface area contributed by atoms with Crippen LogP contribution in [0, 0.1) is 19.8 Å². The van der Waals surface area contributed by atoms with E-state index < -0.39 is 0 Å². The number of amides is 1. The Balaban J connectivity index is 1.87. The monoisotopic (exact) mass is 329 g/mol. The molecule has 130 valence electrons. The minimum absolute atomic E-state index is 0.0325. The van der Waals surface area contributed by atoms with Gasteiger partial charge in [-0.1, -0.05) is 38.1 Å². The maximum Gasteiger partial charge on any atom is 0.238 e. The molecular formula is C19H27N3O2. The molecule has 5 nitrogen and oxygen atoms in total. The lowest BCUT2D eigenvalue weighted by molar-refractivity contribution is -0.122. The van der Waals surface area contributed by atoms with Crippen LogP contribution in [0.1, 0.15) is 62.1 Å². The number of hydrogen-bond donors (Lipinski definition) is 1. The van der Waals surface area contributed by atoms with Gasteiger partial charge in [0.1, 0.15) is 6.04 Å². The molecule has 1 unspecified atom stereocenters. The molecule has 0 bridgehead atoms. The summed E-state index contributed by atoms with van der Waals surface area (Å²) >= 11 is 0. The van der Waals surface area contributed by atoms with Crippen LogP contribution in [0.4, 0.5) is 0 Å². The number of hydrogen-bond acceptors (Lipinski definition) is 4. The molecular weight excluding hydrogens is 302 g/mol. The molecule has 1 amide bonds. The summed E-state index contributed by atoms with van der Waals surface area (Å²) in [6, 6.07) is 8.09. The van der Waals surface area contributed by atoms with Gasteiger partial charge in [0.25, 0.3) is 0 Å². The second-order valence-electron chi connectivity index (χ2n) is 6.69. The minimum atomic E-state index is -0.211. The number of rotatable bonds is 8. The van der Waals surface area contributed by atoms with Crippen molar-refractivity contribution in [2.24, 2.45) is 5.92 Å². The van der Waals surface area contributed by atoms with Crippen molar-refractivity contribution in [1.29, 1.82) is 0 Å². The smallest absolute Gasteiger partial charge is 0.238 e. The minimum Gasteiger partial charge on any atom is -0.423 e. The lowest BCUT2D eigenvalue weighted by Gasteiger charge is -2.17. The highest BCUT2D eigenvalue weighted by molar-refractivity contribution is 5.76.